The summed E-state index contributed by atoms with van der Waals surface area (Å²) in [5, 5.41) is -0.461. The number of thiol groups is 1. The van der Waals surface area contributed by atoms with Crippen molar-refractivity contribution in [3.05, 3.63) is 31.5 Å². The fourth-order valence-corrected chi connectivity index (χ4v) is 2.51. The van der Waals surface area contributed by atoms with Crippen LogP contribution >= 0.6 is 22.5 Å². The highest BCUT2D eigenvalue weighted by Gasteiger charge is 2.26. The van der Waals surface area contributed by atoms with Crippen molar-refractivity contribution in [1.29, 1.82) is 0 Å². The molecule has 1 aromatic heterocycles. The lowest BCUT2D eigenvalue weighted by Crippen LogP contribution is -2.59. The Hall–Kier alpha value is -0.890. The Balaban J connectivity index is 4.01. The Morgan fingerprint density at radius 3 is 1.75 bits per heavy atom. The van der Waals surface area contributed by atoms with Crippen molar-refractivity contribution in [3.63, 3.8) is 0 Å². The van der Waals surface area contributed by atoms with Gasteiger partial charge in [0.1, 0.15) is 0 Å². The Kier molecular flexibility index (Phi) is 5.02. The topological polar surface area (TPSA) is 66.0 Å². The van der Waals surface area contributed by atoms with E-state index in [-0.39, 0.29) is 6.04 Å². The highest BCUT2D eigenvalue weighted by Crippen LogP contribution is 2.22. The van der Waals surface area contributed by atoms with Crippen LogP contribution < -0.4 is 17.1 Å². The SMILES string of the molecule is CC(C)n1c(=O)n(C(C)SS)c(=O)n(C(C)(C)C)c1=O. The first kappa shape index (κ1) is 17.2. The summed E-state index contributed by atoms with van der Waals surface area (Å²) >= 11 is 4.06. The van der Waals surface area contributed by atoms with E-state index >= 15 is 0 Å². The van der Waals surface area contributed by atoms with Gasteiger partial charge in [-0.15, -0.1) is 11.7 Å². The monoisotopic (exact) mass is 319 g/mol. The third-order valence-electron chi connectivity index (χ3n) is 2.91. The molecule has 0 saturated carbocycles. The first-order valence-electron chi connectivity index (χ1n) is 6.34. The molecule has 0 N–H and O–H groups in total. The molecule has 1 heterocycles. The average molecular weight is 319 g/mol. The first-order valence-corrected chi connectivity index (χ1v) is 8.28. The molecule has 1 unspecified atom stereocenters. The minimum atomic E-state index is -0.707. The molecule has 0 fully saturated rings. The summed E-state index contributed by atoms with van der Waals surface area (Å²) in [5.41, 5.74) is -2.47. The van der Waals surface area contributed by atoms with Crippen LogP contribution in [0.4, 0.5) is 0 Å². The third-order valence-corrected chi connectivity index (χ3v) is 4.34. The zero-order valence-corrected chi connectivity index (χ0v) is 14.3. The summed E-state index contributed by atoms with van der Waals surface area (Å²) in [5.74, 6) is 0. The second-order valence-corrected chi connectivity index (χ2v) is 7.42. The van der Waals surface area contributed by atoms with Gasteiger partial charge in [-0.1, -0.05) is 10.8 Å². The minimum absolute atomic E-state index is 0.326. The lowest BCUT2D eigenvalue weighted by molar-refractivity contribution is 0.312. The molecule has 8 heteroatoms. The number of rotatable bonds is 3. The average Bonchev–Trinajstić information content (AvgIpc) is 2.25. The lowest BCUT2D eigenvalue weighted by atomic mass is 10.1. The van der Waals surface area contributed by atoms with Crippen LogP contribution in [-0.4, -0.2) is 13.7 Å². The molecule has 0 aliphatic heterocycles. The van der Waals surface area contributed by atoms with E-state index in [0.717, 1.165) is 24.5 Å². The Morgan fingerprint density at radius 2 is 1.40 bits per heavy atom. The Bertz CT molecular complexity index is 664. The molecule has 114 valence electrons. The number of aromatic nitrogens is 3. The molecule has 0 radical (unpaired) electrons. The molecule has 6 nitrogen and oxygen atoms in total. The van der Waals surface area contributed by atoms with E-state index in [0.29, 0.717) is 0 Å². The molecule has 1 atom stereocenters. The molecule has 0 saturated heterocycles. The lowest BCUT2D eigenvalue weighted by Gasteiger charge is -2.25. The van der Waals surface area contributed by atoms with Crippen molar-refractivity contribution in [2.24, 2.45) is 0 Å². The van der Waals surface area contributed by atoms with Gasteiger partial charge in [0.2, 0.25) is 0 Å². The normalized spacial score (nSPS) is 13.8. The molecule has 0 aliphatic rings. The van der Waals surface area contributed by atoms with E-state index in [9.17, 15) is 14.4 Å². The molecule has 0 spiro atoms. The summed E-state index contributed by atoms with van der Waals surface area (Å²) in [6.45, 7) is 10.4. The summed E-state index contributed by atoms with van der Waals surface area (Å²) in [6, 6.07) is -0.326. The van der Waals surface area contributed by atoms with E-state index in [1.165, 1.54) is 0 Å². The molecular formula is C12H21N3O3S2. The maximum atomic E-state index is 12.5. The van der Waals surface area contributed by atoms with Crippen LogP contribution in [0.3, 0.4) is 0 Å². The summed E-state index contributed by atoms with van der Waals surface area (Å²) < 4.78 is 3.30. The highest BCUT2D eigenvalue weighted by molar-refractivity contribution is 8.68. The molecule has 1 aromatic rings. The van der Waals surface area contributed by atoms with Crippen LogP contribution in [0.15, 0.2) is 14.4 Å². The Labute approximate surface area is 126 Å². The summed E-state index contributed by atoms with van der Waals surface area (Å²) in [4.78, 5) is 37.3. The number of hydrogen-bond acceptors (Lipinski definition) is 5. The van der Waals surface area contributed by atoms with E-state index in [4.69, 9.17) is 0 Å². The van der Waals surface area contributed by atoms with Crippen molar-refractivity contribution in [1.82, 2.24) is 13.7 Å². The maximum Gasteiger partial charge on any atom is 0.337 e. The third kappa shape index (κ3) is 2.90. The van der Waals surface area contributed by atoms with Gasteiger partial charge >= 0.3 is 17.1 Å². The molecular weight excluding hydrogens is 298 g/mol. The van der Waals surface area contributed by atoms with Crippen LogP contribution in [0, 0.1) is 0 Å². The minimum Gasteiger partial charge on any atom is -0.247 e. The second-order valence-electron chi connectivity index (χ2n) is 5.89. The zero-order chi connectivity index (χ0) is 15.8. The quantitative estimate of drug-likeness (QED) is 0.679. The van der Waals surface area contributed by atoms with Gasteiger partial charge in [-0.25, -0.2) is 28.1 Å². The number of nitrogens with zero attached hydrogens (tertiary/aromatic N) is 3. The predicted octanol–water partition coefficient (Wildman–Crippen LogP) is 1.60. The van der Waals surface area contributed by atoms with Crippen molar-refractivity contribution in [2.45, 2.75) is 58.5 Å². The fourth-order valence-electron chi connectivity index (χ4n) is 1.95. The molecule has 20 heavy (non-hydrogen) atoms. The fraction of sp³-hybridized carbons (Fsp3) is 0.750. The van der Waals surface area contributed by atoms with E-state index < -0.39 is 28.0 Å². The van der Waals surface area contributed by atoms with Gasteiger partial charge in [-0.05, 0) is 41.5 Å². The standard InChI is InChI=1S/C12H21N3O3S2/c1-7(2)13-9(16)14(8(3)20-19)11(18)15(10(13)17)12(4,5)6/h7-8,19H,1-6H3. The van der Waals surface area contributed by atoms with Gasteiger partial charge in [0.25, 0.3) is 0 Å². The molecule has 0 aromatic carbocycles. The van der Waals surface area contributed by atoms with Gasteiger partial charge in [0.05, 0.1) is 5.37 Å². The smallest absolute Gasteiger partial charge is 0.247 e. The van der Waals surface area contributed by atoms with Crippen LogP contribution in [0.1, 0.15) is 53.0 Å². The van der Waals surface area contributed by atoms with Gasteiger partial charge in [0, 0.05) is 11.6 Å². The van der Waals surface area contributed by atoms with Crippen molar-refractivity contribution < 1.29 is 0 Å². The van der Waals surface area contributed by atoms with Gasteiger partial charge in [-0.2, -0.15) is 0 Å². The van der Waals surface area contributed by atoms with E-state index in [1.54, 1.807) is 41.5 Å². The van der Waals surface area contributed by atoms with Crippen LogP contribution in [0.25, 0.3) is 0 Å². The van der Waals surface area contributed by atoms with Gasteiger partial charge in [0.15, 0.2) is 0 Å². The largest absolute Gasteiger partial charge is 0.337 e. The number of hydrogen-bond donors (Lipinski definition) is 1. The van der Waals surface area contributed by atoms with Crippen LogP contribution in [0.5, 0.6) is 0 Å². The molecule has 0 bridgehead atoms. The summed E-state index contributed by atoms with van der Waals surface area (Å²) in [7, 11) is 1.08. The molecule has 1 rings (SSSR count). The molecule has 0 amide bonds. The maximum absolute atomic E-state index is 12.5. The van der Waals surface area contributed by atoms with Gasteiger partial charge in [-0.3, -0.25) is 0 Å². The van der Waals surface area contributed by atoms with E-state index in [1.807, 2.05) is 0 Å². The molecule has 0 aliphatic carbocycles. The van der Waals surface area contributed by atoms with E-state index in [2.05, 4.69) is 11.7 Å². The zero-order valence-electron chi connectivity index (χ0n) is 12.6. The van der Waals surface area contributed by atoms with Crippen LogP contribution in [-0.2, 0) is 5.54 Å². The predicted molar refractivity (Wildman–Crippen MR) is 85.9 cm³/mol. The van der Waals surface area contributed by atoms with Crippen LogP contribution in [0.2, 0.25) is 0 Å². The van der Waals surface area contributed by atoms with Gasteiger partial charge < -0.3 is 0 Å². The summed E-state index contributed by atoms with van der Waals surface area (Å²) in [6.07, 6.45) is 0. The highest BCUT2D eigenvalue weighted by atomic mass is 33.1. The van der Waals surface area contributed by atoms with Crippen molar-refractivity contribution in [2.75, 3.05) is 0 Å². The Morgan fingerprint density at radius 1 is 0.950 bits per heavy atom. The van der Waals surface area contributed by atoms with Crippen molar-refractivity contribution in [3.8, 4) is 0 Å². The second kappa shape index (κ2) is 5.85. The first-order chi connectivity index (χ1) is 9.03. The van der Waals surface area contributed by atoms with Crippen molar-refractivity contribution >= 4 is 22.5 Å².